The van der Waals surface area contributed by atoms with E-state index in [2.05, 4.69) is 0 Å². The third-order valence-electron chi connectivity index (χ3n) is 3.85. The highest BCUT2D eigenvalue weighted by atomic mass is 16.5. The van der Waals surface area contributed by atoms with Gasteiger partial charge in [0, 0.05) is 6.04 Å². The Labute approximate surface area is 85.0 Å². The Morgan fingerprint density at radius 2 is 2.07 bits per heavy atom. The molecular formula is C11H19NO2. The van der Waals surface area contributed by atoms with Crippen LogP contribution < -0.4 is 5.73 Å². The highest BCUT2D eigenvalue weighted by Crippen LogP contribution is 2.56. The third-order valence-corrected chi connectivity index (χ3v) is 3.85. The first-order chi connectivity index (χ1) is 6.68. The molecule has 2 saturated carbocycles. The van der Waals surface area contributed by atoms with Crippen LogP contribution in [0.15, 0.2) is 0 Å². The van der Waals surface area contributed by atoms with Crippen LogP contribution in [0.5, 0.6) is 0 Å². The van der Waals surface area contributed by atoms with Crippen molar-refractivity contribution in [2.24, 2.45) is 17.1 Å². The van der Waals surface area contributed by atoms with E-state index < -0.39 is 0 Å². The molecule has 1 atom stereocenters. The number of ether oxygens (including phenoxy) is 1. The predicted octanol–water partition coefficient (Wildman–Crippen LogP) is 1.46. The molecule has 1 spiro atoms. The smallest absolute Gasteiger partial charge is 0.308 e. The van der Waals surface area contributed by atoms with E-state index in [1.165, 1.54) is 6.42 Å². The van der Waals surface area contributed by atoms with Crippen LogP contribution in [0, 0.1) is 11.3 Å². The van der Waals surface area contributed by atoms with E-state index in [0.717, 1.165) is 25.7 Å². The number of carbonyl (C=O) groups excluding carboxylic acids is 1. The van der Waals surface area contributed by atoms with E-state index in [-0.39, 0.29) is 11.9 Å². The molecule has 0 aromatic rings. The van der Waals surface area contributed by atoms with Crippen molar-refractivity contribution in [3.8, 4) is 0 Å². The maximum Gasteiger partial charge on any atom is 0.308 e. The quantitative estimate of drug-likeness (QED) is 0.682. The molecule has 2 N–H and O–H groups in total. The minimum atomic E-state index is -0.00317. The first kappa shape index (κ1) is 9.97. The molecule has 14 heavy (non-hydrogen) atoms. The maximum absolute atomic E-state index is 11.5. The van der Waals surface area contributed by atoms with Gasteiger partial charge in [0.15, 0.2) is 0 Å². The molecule has 0 heterocycles. The Balaban J connectivity index is 1.81. The van der Waals surface area contributed by atoms with Crippen LogP contribution in [0.25, 0.3) is 0 Å². The molecule has 80 valence electrons. The van der Waals surface area contributed by atoms with Crippen LogP contribution in [0.3, 0.4) is 0 Å². The number of esters is 1. The van der Waals surface area contributed by atoms with Crippen molar-refractivity contribution in [3.63, 3.8) is 0 Å². The number of rotatable bonds is 2. The summed E-state index contributed by atoms with van der Waals surface area (Å²) >= 11 is 0. The lowest BCUT2D eigenvalue weighted by atomic mass is 9.79. The first-order valence-corrected chi connectivity index (χ1v) is 5.60. The van der Waals surface area contributed by atoms with Gasteiger partial charge in [-0.1, -0.05) is 0 Å². The Morgan fingerprint density at radius 1 is 1.50 bits per heavy atom. The second-order valence-corrected chi connectivity index (χ2v) is 4.70. The van der Waals surface area contributed by atoms with Gasteiger partial charge in [-0.2, -0.15) is 0 Å². The molecule has 2 aliphatic rings. The molecule has 0 aromatic heterocycles. The zero-order valence-electron chi connectivity index (χ0n) is 8.79. The highest BCUT2D eigenvalue weighted by Gasteiger charge is 2.53. The normalized spacial score (nSPS) is 41.0. The number of nitrogens with two attached hydrogens (primary N) is 1. The summed E-state index contributed by atoms with van der Waals surface area (Å²) in [5, 5.41) is 0. The van der Waals surface area contributed by atoms with Crippen LogP contribution >= 0.6 is 0 Å². The highest BCUT2D eigenvalue weighted by molar-refractivity contribution is 5.72. The Hall–Kier alpha value is -0.570. The van der Waals surface area contributed by atoms with Crippen LogP contribution in [0.4, 0.5) is 0 Å². The SMILES string of the molecule is CCOC(=O)C1CCC2(CC1)CC2N. The average molecular weight is 197 g/mol. The predicted molar refractivity (Wildman–Crippen MR) is 53.6 cm³/mol. The van der Waals surface area contributed by atoms with Crippen molar-refractivity contribution in [3.05, 3.63) is 0 Å². The molecule has 0 aliphatic heterocycles. The van der Waals surface area contributed by atoms with Crippen molar-refractivity contribution in [1.29, 1.82) is 0 Å². The van der Waals surface area contributed by atoms with Crippen LogP contribution in [-0.4, -0.2) is 18.6 Å². The fraction of sp³-hybridized carbons (Fsp3) is 0.909. The van der Waals surface area contributed by atoms with Crippen molar-refractivity contribution in [2.75, 3.05) is 6.61 Å². The summed E-state index contributed by atoms with van der Waals surface area (Å²) in [7, 11) is 0. The minimum absolute atomic E-state index is 0.00317. The molecule has 0 aromatic carbocycles. The summed E-state index contributed by atoms with van der Waals surface area (Å²) < 4.78 is 5.03. The number of hydrogen-bond donors (Lipinski definition) is 1. The summed E-state index contributed by atoms with van der Waals surface area (Å²) in [6, 6.07) is 0.408. The van der Waals surface area contributed by atoms with E-state index in [4.69, 9.17) is 10.5 Å². The third kappa shape index (κ3) is 1.65. The largest absolute Gasteiger partial charge is 0.466 e. The van der Waals surface area contributed by atoms with Gasteiger partial charge in [-0.15, -0.1) is 0 Å². The molecule has 1 unspecified atom stereocenters. The van der Waals surface area contributed by atoms with Gasteiger partial charge in [-0.05, 0) is 44.4 Å². The lowest BCUT2D eigenvalue weighted by Gasteiger charge is -2.27. The van der Waals surface area contributed by atoms with Gasteiger partial charge >= 0.3 is 5.97 Å². The van der Waals surface area contributed by atoms with Crippen molar-refractivity contribution >= 4 is 5.97 Å². The van der Waals surface area contributed by atoms with E-state index in [1.54, 1.807) is 0 Å². The summed E-state index contributed by atoms with van der Waals surface area (Å²) in [5.41, 5.74) is 6.32. The minimum Gasteiger partial charge on any atom is -0.466 e. The Kier molecular flexibility index (Phi) is 2.52. The van der Waals surface area contributed by atoms with Crippen LogP contribution in [0.2, 0.25) is 0 Å². The lowest BCUT2D eigenvalue weighted by Crippen LogP contribution is -2.27. The average Bonchev–Trinajstić information content (AvgIpc) is 2.78. The van der Waals surface area contributed by atoms with E-state index >= 15 is 0 Å². The second kappa shape index (κ2) is 3.54. The summed E-state index contributed by atoms with van der Waals surface area (Å²) in [6.07, 6.45) is 5.37. The van der Waals surface area contributed by atoms with Gasteiger partial charge in [0.1, 0.15) is 0 Å². The summed E-state index contributed by atoms with van der Waals surface area (Å²) in [5.74, 6) is 0.143. The van der Waals surface area contributed by atoms with Crippen molar-refractivity contribution in [1.82, 2.24) is 0 Å². The van der Waals surface area contributed by atoms with Gasteiger partial charge in [-0.25, -0.2) is 0 Å². The van der Waals surface area contributed by atoms with Gasteiger partial charge < -0.3 is 10.5 Å². The fourth-order valence-electron chi connectivity index (χ4n) is 2.64. The Bertz CT molecular complexity index is 231. The molecule has 0 radical (unpaired) electrons. The van der Waals surface area contributed by atoms with E-state index in [9.17, 15) is 4.79 Å². The summed E-state index contributed by atoms with van der Waals surface area (Å²) in [4.78, 5) is 11.5. The molecule has 2 aliphatic carbocycles. The first-order valence-electron chi connectivity index (χ1n) is 5.60. The zero-order chi connectivity index (χ0) is 10.2. The van der Waals surface area contributed by atoms with Gasteiger partial charge in [0.25, 0.3) is 0 Å². The van der Waals surface area contributed by atoms with Gasteiger partial charge in [0.05, 0.1) is 12.5 Å². The molecule has 0 bridgehead atoms. The molecule has 2 rings (SSSR count). The molecule has 3 nitrogen and oxygen atoms in total. The van der Waals surface area contributed by atoms with Gasteiger partial charge in [-0.3, -0.25) is 4.79 Å². The maximum atomic E-state index is 11.5. The zero-order valence-corrected chi connectivity index (χ0v) is 8.79. The molecule has 0 amide bonds. The van der Waals surface area contributed by atoms with E-state index in [0.29, 0.717) is 18.1 Å². The molecule has 0 saturated heterocycles. The van der Waals surface area contributed by atoms with E-state index in [1.807, 2.05) is 6.92 Å². The standard InChI is InChI=1S/C11H19NO2/c1-2-14-10(13)8-3-5-11(6-4-8)7-9(11)12/h8-9H,2-7,12H2,1H3. The molecular weight excluding hydrogens is 178 g/mol. The number of carbonyl (C=O) groups is 1. The monoisotopic (exact) mass is 197 g/mol. The van der Waals surface area contributed by atoms with Crippen molar-refractivity contribution < 1.29 is 9.53 Å². The second-order valence-electron chi connectivity index (χ2n) is 4.70. The summed E-state index contributed by atoms with van der Waals surface area (Å²) in [6.45, 7) is 2.36. The van der Waals surface area contributed by atoms with Gasteiger partial charge in [0.2, 0.25) is 0 Å². The molecule has 3 heteroatoms. The molecule has 2 fully saturated rings. The fourth-order valence-corrected chi connectivity index (χ4v) is 2.64. The lowest BCUT2D eigenvalue weighted by molar-refractivity contribution is -0.149. The van der Waals surface area contributed by atoms with Crippen LogP contribution in [-0.2, 0) is 9.53 Å². The number of hydrogen-bond acceptors (Lipinski definition) is 3. The van der Waals surface area contributed by atoms with Crippen molar-refractivity contribution in [2.45, 2.75) is 45.1 Å². The Morgan fingerprint density at radius 3 is 2.50 bits per heavy atom. The topological polar surface area (TPSA) is 52.3 Å². The van der Waals surface area contributed by atoms with Crippen LogP contribution in [0.1, 0.15) is 39.0 Å².